The number of carbonyl (C=O) groups excluding carboxylic acids is 4. The van der Waals surface area contributed by atoms with Crippen LogP contribution in [0.4, 0.5) is 0 Å². The van der Waals surface area contributed by atoms with Gasteiger partial charge < -0.3 is 39.6 Å². The number of aromatic amines is 1. The fraction of sp³-hybridized carbons (Fsp3) is 0.358. The number of H-pyrrole nitrogens is 1. The lowest BCUT2D eigenvalue weighted by molar-refractivity contribution is -0.156. The number of ether oxygens (including phenoxy) is 5. The number of esters is 1. The molecule has 364 valence electrons. The molecule has 69 heavy (non-hydrogen) atoms. The number of hydrogen-bond acceptors (Lipinski definition) is 11. The molecule has 3 amide bonds. The third kappa shape index (κ3) is 13.2. The maximum Gasteiger partial charge on any atom is 0.330 e. The average molecular weight is 944 g/mol. The van der Waals surface area contributed by atoms with Gasteiger partial charge in [-0.25, -0.2) is 4.79 Å². The largest absolute Gasteiger partial charge is 0.497 e. The van der Waals surface area contributed by atoms with Gasteiger partial charge in [0.05, 0.1) is 38.7 Å². The molecule has 1 aliphatic heterocycles. The number of methoxy groups -OCH3 is 2. The highest BCUT2D eigenvalue weighted by atomic mass is 16.6. The molecule has 1 unspecified atom stereocenters. The molecule has 5 aromatic rings. The van der Waals surface area contributed by atoms with Crippen LogP contribution >= 0.6 is 0 Å². The van der Waals surface area contributed by atoms with Crippen LogP contribution in [0.5, 0.6) is 11.5 Å². The molecule has 0 bridgehead atoms. The molecular formula is C53H61N5O11. The number of aromatic nitrogens is 2. The molecule has 1 fully saturated rings. The summed E-state index contributed by atoms with van der Waals surface area (Å²) in [7, 11) is 4.63. The second-order valence-corrected chi connectivity index (χ2v) is 17.1. The minimum Gasteiger partial charge on any atom is -0.497 e. The third-order valence-corrected chi connectivity index (χ3v) is 11.9. The zero-order valence-electron chi connectivity index (χ0n) is 39.8. The van der Waals surface area contributed by atoms with E-state index in [-0.39, 0.29) is 62.3 Å². The van der Waals surface area contributed by atoms with Gasteiger partial charge in [-0.15, -0.1) is 0 Å². The maximum absolute atomic E-state index is 13.4. The van der Waals surface area contributed by atoms with E-state index in [9.17, 15) is 28.8 Å². The lowest BCUT2D eigenvalue weighted by Crippen LogP contribution is -2.39. The van der Waals surface area contributed by atoms with Gasteiger partial charge in [0.2, 0.25) is 17.7 Å². The van der Waals surface area contributed by atoms with Gasteiger partial charge in [-0.3, -0.25) is 33.5 Å². The lowest BCUT2D eigenvalue weighted by Gasteiger charge is -2.37. The van der Waals surface area contributed by atoms with Crippen molar-refractivity contribution in [3.05, 3.63) is 170 Å². The van der Waals surface area contributed by atoms with Crippen LogP contribution in [0.15, 0.2) is 125 Å². The van der Waals surface area contributed by atoms with Crippen molar-refractivity contribution in [3.8, 4) is 11.5 Å². The second-order valence-electron chi connectivity index (χ2n) is 17.1. The molecule has 16 nitrogen and oxygen atoms in total. The van der Waals surface area contributed by atoms with Gasteiger partial charge in [0.25, 0.3) is 5.56 Å². The molecule has 1 aromatic heterocycles. The Hall–Kier alpha value is -7.30. The van der Waals surface area contributed by atoms with Gasteiger partial charge in [-0.1, -0.05) is 92.7 Å². The number of nitrogens with one attached hydrogen (secondary N) is 4. The Morgan fingerprint density at radius 2 is 1.42 bits per heavy atom. The highest BCUT2D eigenvalue weighted by Gasteiger charge is 2.44. The first-order chi connectivity index (χ1) is 33.2. The number of hydrogen-bond donors (Lipinski definition) is 4. The van der Waals surface area contributed by atoms with Crippen LogP contribution in [-0.4, -0.2) is 86.4 Å². The van der Waals surface area contributed by atoms with Crippen LogP contribution in [-0.2, 0) is 45.4 Å². The van der Waals surface area contributed by atoms with Crippen molar-refractivity contribution < 1.29 is 42.9 Å². The molecule has 2 heterocycles. The standard InChI is InChI=1S/C53H61N5O11/c1-34(2)30-36-12-14-37(15-13-36)35(3)50(62)56-29-28-55-47(60)25-16-38-32-58(52(64)57-51(38)63)48-31-44(69-49(61)27-26-46(59)54-4)45(68-48)33-67-53(39-10-8-7-9-11-39,40-17-21-42(65-5)22-18-40)41-19-23-43(66-6)24-20-41/h7-25,32,34-35,44-45,48H,26-31,33H2,1-6H3,(H,54,59)(H,55,60)(H,56,62)(H,57,63,64)/t35-,44?,45+,48+/m0/s1. The van der Waals surface area contributed by atoms with Crippen LogP contribution in [0.25, 0.3) is 6.08 Å². The second kappa shape index (κ2) is 24.1. The van der Waals surface area contributed by atoms with Crippen molar-refractivity contribution in [2.24, 2.45) is 5.92 Å². The average Bonchev–Trinajstić information content (AvgIpc) is 3.76. The zero-order chi connectivity index (χ0) is 49.5. The number of amides is 3. The smallest absolute Gasteiger partial charge is 0.330 e. The van der Waals surface area contributed by atoms with Crippen LogP contribution < -0.4 is 36.7 Å². The molecule has 0 aliphatic carbocycles. The molecule has 16 heteroatoms. The Morgan fingerprint density at radius 3 is 2.01 bits per heavy atom. The SMILES string of the molecule is CNC(=O)CCC(=O)OC1C[C@H](n2cc(C=CC(=O)NCCNC(=O)[C@@H](C)c3ccc(CC(C)C)cc3)c(=O)[nH]c2=O)O[C@@H]1COC(c1ccccc1)(c1ccc(OC)cc1)c1ccc(OC)cc1. The van der Waals surface area contributed by atoms with Crippen molar-refractivity contribution in [3.63, 3.8) is 0 Å². The Morgan fingerprint density at radius 1 is 0.812 bits per heavy atom. The van der Waals surface area contributed by atoms with Crippen molar-refractivity contribution in [2.45, 2.75) is 76.4 Å². The Kier molecular flexibility index (Phi) is 17.9. The highest BCUT2D eigenvalue weighted by molar-refractivity contribution is 5.91. The number of carbonyl (C=O) groups is 4. The molecule has 4 N–H and O–H groups in total. The molecule has 4 atom stereocenters. The topological polar surface area (TPSA) is 205 Å². The fourth-order valence-corrected chi connectivity index (χ4v) is 8.14. The molecule has 0 spiro atoms. The summed E-state index contributed by atoms with van der Waals surface area (Å²) in [6, 6.07) is 32.4. The molecular weight excluding hydrogens is 883 g/mol. The van der Waals surface area contributed by atoms with Crippen molar-refractivity contribution in [1.29, 1.82) is 0 Å². The van der Waals surface area contributed by atoms with Crippen LogP contribution in [0, 0.1) is 5.92 Å². The monoisotopic (exact) mass is 943 g/mol. The molecule has 4 aromatic carbocycles. The van der Waals surface area contributed by atoms with Gasteiger partial charge >= 0.3 is 11.7 Å². The van der Waals surface area contributed by atoms with Gasteiger partial charge in [0, 0.05) is 45.3 Å². The van der Waals surface area contributed by atoms with E-state index in [0.29, 0.717) is 17.4 Å². The summed E-state index contributed by atoms with van der Waals surface area (Å²) in [4.78, 5) is 79.8. The summed E-state index contributed by atoms with van der Waals surface area (Å²) in [6.45, 7) is 6.25. The third-order valence-electron chi connectivity index (χ3n) is 11.9. The van der Waals surface area contributed by atoms with E-state index in [4.69, 9.17) is 23.7 Å². The zero-order valence-corrected chi connectivity index (χ0v) is 39.8. The van der Waals surface area contributed by atoms with Crippen LogP contribution in [0.2, 0.25) is 0 Å². The van der Waals surface area contributed by atoms with Crippen molar-refractivity contribution in [2.75, 3.05) is 41.0 Å². The first kappa shape index (κ1) is 51.1. The Labute approximate surface area is 401 Å². The molecule has 1 saturated heterocycles. The molecule has 6 rings (SSSR count). The summed E-state index contributed by atoms with van der Waals surface area (Å²) in [5.41, 5.74) is 1.49. The van der Waals surface area contributed by atoms with E-state index in [0.717, 1.165) is 39.3 Å². The maximum atomic E-state index is 13.4. The quantitative estimate of drug-likeness (QED) is 0.0294. The number of rotatable bonds is 22. The van der Waals surface area contributed by atoms with Gasteiger partial charge in [-0.05, 0) is 77.4 Å². The van der Waals surface area contributed by atoms with Crippen molar-refractivity contribution in [1.82, 2.24) is 25.5 Å². The number of nitrogens with zero attached hydrogens (tertiary/aromatic N) is 1. The molecule has 1 aliphatic rings. The summed E-state index contributed by atoms with van der Waals surface area (Å²) >= 11 is 0. The minimum absolute atomic E-state index is 0.0316. The molecule has 0 saturated carbocycles. The predicted octanol–water partition coefficient (Wildman–Crippen LogP) is 5.54. The van der Waals surface area contributed by atoms with Crippen molar-refractivity contribution >= 4 is 29.8 Å². The Bertz CT molecular complexity index is 2620. The first-order valence-electron chi connectivity index (χ1n) is 23.0. The van der Waals surface area contributed by atoms with E-state index in [1.807, 2.05) is 110 Å². The lowest BCUT2D eigenvalue weighted by atomic mass is 9.80. The van der Waals surface area contributed by atoms with Crippen LogP contribution in [0.1, 0.15) is 85.6 Å². The summed E-state index contributed by atoms with van der Waals surface area (Å²) < 4.78 is 31.7. The minimum atomic E-state index is -1.27. The van der Waals surface area contributed by atoms with E-state index >= 15 is 0 Å². The van der Waals surface area contributed by atoms with E-state index in [1.165, 1.54) is 24.9 Å². The van der Waals surface area contributed by atoms with Gasteiger partial charge in [0.15, 0.2) is 0 Å². The predicted molar refractivity (Wildman–Crippen MR) is 260 cm³/mol. The summed E-state index contributed by atoms with van der Waals surface area (Å²) in [5, 5.41) is 8.03. The fourth-order valence-electron chi connectivity index (χ4n) is 8.14. The van der Waals surface area contributed by atoms with E-state index in [2.05, 4.69) is 34.8 Å². The summed E-state index contributed by atoms with van der Waals surface area (Å²) in [5.74, 6) is -0.326. The number of benzene rings is 4. The summed E-state index contributed by atoms with van der Waals surface area (Å²) in [6.07, 6.45) is 1.25. The van der Waals surface area contributed by atoms with Crippen LogP contribution in [0.3, 0.4) is 0 Å². The first-order valence-corrected chi connectivity index (χ1v) is 23.0. The Balaban J connectivity index is 1.20. The highest BCUT2D eigenvalue weighted by Crippen LogP contribution is 2.43. The van der Waals surface area contributed by atoms with Gasteiger partial charge in [0.1, 0.15) is 35.5 Å². The molecule has 0 radical (unpaired) electrons. The van der Waals surface area contributed by atoms with E-state index in [1.54, 1.807) is 14.2 Å². The van der Waals surface area contributed by atoms with Gasteiger partial charge in [-0.2, -0.15) is 0 Å². The normalized spacial score (nSPS) is 16.2. The van der Waals surface area contributed by atoms with E-state index < -0.39 is 47.2 Å².